The van der Waals surface area contributed by atoms with E-state index in [-0.39, 0.29) is 11.3 Å². The third-order valence-electron chi connectivity index (χ3n) is 3.93. The van der Waals surface area contributed by atoms with E-state index in [1.165, 1.54) is 0 Å². The Morgan fingerprint density at radius 3 is 2.06 bits per heavy atom. The standard InChI is InChI=1S/C15H32N2O/c1-6-9-15(12-16,10-7-2)14(18)17(5)11-13(4)8-3/h13H,6-12,16H2,1-5H3. The van der Waals surface area contributed by atoms with Crippen LogP contribution in [0.1, 0.15) is 59.8 Å². The summed E-state index contributed by atoms with van der Waals surface area (Å²) in [5, 5.41) is 0. The van der Waals surface area contributed by atoms with Gasteiger partial charge in [-0.1, -0.05) is 47.0 Å². The van der Waals surface area contributed by atoms with Crippen molar-refractivity contribution in [3.8, 4) is 0 Å². The Morgan fingerprint density at radius 1 is 1.22 bits per heavy atom. The van der Waals surface area contributed by atoms with Crippen LogP contribution in [0.4, 0.5) is 0 Å². The van der Waals surface area contributed by atoms with Crippen molar-refractivity contribution in [1.29, 1.82) is 0 Å². The van der Waals surface area contributed by atoms with Gasteiger partial charge in [0.1, 0.15) is 0 Å². The summed E-state index contributed by atoms with van der Waals surface area (Å²) >= 11 is 0. The third kappa shape index (κ3) is 4.60. The first kappa shape index (κ1) is 17.4. The van der Waals surface area contributed by atoms with Crippen LogP contribution in [0.25, 0.3) is 0 Å². The fourth-order valence-electron chi connectivity index (χ4n) is 2.67. The number of hydrogen-bond donors (Lipinski definition) is 1. The van der Waals surface area contributed by atoms with Crippen molar-refractivity contribution in [2.24, 2.45) is 17.1 Å². The van der Waals surface area contributed by atoms with E-state index in [9.17, 15) is 4.79 Å². The number of amides is 1. The SMILES string of the molecule is CCCC(CN)(CCC)C(=O)N(C)CC(C)CC. The second-order valence-corrected chi connectivity index (χ2v) is 5.68. The van der Waals surface area contributed by atoms with Crippen LogP contribution in [-0.2, 0) is 4.79 Å². The molecule has 0 aromatic rings. The van der Waals surface area contributed by atoms with Crippen LogP contribution < -0.4 is 5.73 Å². The number of nitrogens with zero attached hydrogens (tertiary/aromatic N) is 1. The van der Waals surface area contributed by atoms with Crippen molar-refractivity contribution in [1.82, 2.24) is 4.90 Å². The number of rotatable bonds is 9. The molecular weight excluding hydrogens is 224 g/mol. The summed E-state index contributed by atoms with van der Waals surface area (Å²) in [6, 6.07) is 0. The van der Waals surface area contributed by atoms with Crippen LogP contribution >= 0.6 is 0 Å². The molecule has 2 N–H and O–H groups in total. The third-order valence-corrected chi connectivity index (χ3v) is 3.93. The molecule has 1 atom stereocenters. The highest BCUT2D eigenvalue weighted by Gasteiger charge is 2.37. The molecule has 0 aromatic carbocycles. The molecule has 18 heavy (non-hydrogen) atoms. The first-order chi connectivity index (χ1) is 8.47. The number of hydrogen-bond acceptors (Lipinski definition) is 2. The molecule has 1 unspecified atom stereocenters. The predicted octanol–water partition coefficient (Wildman–Crippen LogP) is 3.04. The van der Waals surface area contributed by atoms with E-state index in [1.807, 2.05) is 11.9 Å². The number of carbonyl (C=O) groups is 1. The van der Waals surface area contributed by atoms with Gasteiger partial charge in [0.05, 0.1) is 5.41 Å². The Labute approximate surface area is 113 Å². The van der Waals surface area contributed by atoms with Crippen molar-refractivity contribution in [2.75, 3.05) is 20.1 Å². The average molecular weight is 256 g/mol. The summed E-state index contributed by atoms with van der Waals surface area (Å²) in [5.74, 6) is 0.798. The molecule has 0 fully saturated rings. The quantitative estimate of drug-likeness (QED) is 0.689. The number of carbonyl (C=O) groups excluding carboxylic acids is 1. The molecule has 0 aliphatic carbocycles. The zero-order chi connectivity index (χ0) is 14.2. The van der Waals surface area contributed by atoms with Gasteiger partial charge in [0.15, 0.2) is 0 Å². The predicted molar refractivity (Wildman–Crippen MR) is 78.4 cm³/mol. The van der Waals surface area contributed by atoms with E-state index in [0.29, 0.717) is 12.5 Å². The van der Waals surface area contributed by atoms with Crippen LogP contribution in [0.5, 0.6) is 0 Å². The molecule has 3 nitrogen and oxygen atoms in total. The maximum atomic E-state index is 12.7. The molecule has 1 amide bonds. The monoisotopic (exact) mass is 256 g/mol. The normalized spacial score (nSPS) is 13.4. The Kier molecular flexibility index (Phi) is 8.25. The van der Waals surface area contributed by atoms with E-state index in [2.05, 4.69) is 27.7 Å². The van der Waals surface area contributed by atoms with Gasteiger partial charge in [-0.3, -0.25) is 4.79 Å². The van der Waals surface area contributed by atoms with Gasteiger partial charge < -0.3 is 10.6 Å². The molecule has 0 aliphatic rings. The molecule has 0 radical (unpaired) electrons. The summed E-state index contributed by atoms with van der Waals surface area (Å²) in [6.45, 7) is 9.91. The average Bonchev–Trinajstić information content (AvgIpc) is 2.37. The second-order valence-electron chi connectivity index (χ2n) is 5.68. The van der Waals surface area contributed by atoms with Crippen molar-refractivity contribution in [3.63, 3.8) is 0 Å². The molecule has 0 spiro atoms. The molecular formula is C15H32N2O. The lowest BCUT2D eigenvalue weighted by molar-refractivity contribution is -0.141. The molecule has 0 aromatic heterocycles. The Balaban J connectivity index is 4.82. The summed E-state index contributed by atoms with van der Waals surface area (Å²) in [4.78, 5) is 14.6. The Hall–Kier alpha value is -0.570. The van der Waals surface area contributed by atoms with Gasteiger partial charge in [0.25, 0.3) is 0 Å². The van der Waals surface area contributed by atoms with Crippen molar-refractivity contribution >= 4 is 5.91 Å². The van der Waals surface area contributed by atoms with Crippen molar-refractivity contribution < 1.29 is 4.79 Å². The minimum atomic E-state index is -0.328. The van der Waals surface area contributed by atoms with Gasteiger partial charge in [0.2, 0.25) is 5.91 Å². The minimum absolute atomic E-state index is 0.244. The minimum Gasteiger partial charge on any atom is -0.345 e. The molecule has 0 saturated heterocycles. The van der Waals surface area contributed by atoms with Gasteiger partial charge in [-0.05, 0) is 18.8 Å². The molecule has 0 saturated carbocycles. The maximum absolute atomic E-state index is 12.7. The highest BCUT2D eigenvalue weighted by Crippen LogP contribution is 2.31. The largest absolute Gasteiger partial charge is 0.345 e. The first-order valence-electron chi connectivity index (χ1n) is 7.43. The van der Waals surface area contributed by atoms with Crippen molar-refractivity contribution in [2.45, 2.75) is 59.8 Å². The molecule has 0 bridgehead atoms. The lowest BCUT2D eigenvalue weighted by Gasteiger charge is -2.35. The second kappa shape index (κ2) is 8.52. The number of nitrogens with two attached hydrogens (primary N) is 1. The highest BCUT2D eigenvalue weighted by atomic mass is 16.2. The molecule has 3 heteroatoms. The van der Waals surface area contributed by atoms with Crippen LogP contribution in [0.2, 0.25) is 0 Å². The van der Waals surface area contributed by atoms with Gasteiger partial charge >= 0.3 is 0 Å². The zero-order valence-electron chi connectivity index (χ0n) is 13.0. The molecule has 0 rings (SSSR count). The lowest BCUT2D eigenvalue weighted by Crippen LogP contribution is -2.47. The van der Waals surface area contributed by atoms with Crippen LogP contribution in [0.15, 0.2) is 0 Å². The van der Waals surface area contributed by atoms with E-state index >= 15 is 0 Å². The maximum Gasteiger partial charge on any atom is 0.229 e. The Morgan fingerprint density at radius 2 is 1.72 bits per heavy atom. The van der Waals surface area contributed by atoms with E-state index in [0.717, 1.165) is 38.6 Å². The van der Waals surface area contributed by atoms with Crippen LogP contribution in [0.3, 0.4) is 0 Å². The molecule has 108 valence electrons. The summed E-state index contributed by atoms with van der Waals surface area (Å²) < 4.78 is 0. The summed E-state index contributed by atoms with van der Waals surface area (Å²) in [6.07, 6.45) is 4.94. The lowest BCUT2D eigenvalue weighted by atomic mass is 9.78. The van der Waals surface area contributed by atoms with E-state index < -0.39 is 0 Å². The van der Waals surface area contributed by atoms with Crippen LogP contribution in [-0.4, -0.2) is 30.9 Å². The Bertz CT molecular complexity index is 235. The highest BCUT2D eigenvalue weighted by molar-refractivity contribution is 5.82. The van der Waals surface area contributed by atoms with E-state index in [1.54, 1.807) is 0 Å². The van der Waals surface area contributed by atoms with Gasteiger partial charge in [-0.2, -0.15) is 0 Å². The van der Waals surface area contributed by atoms with Gasteiger partial charge in [-0.15, -0.1) is 0 Å². The summed E-state index contributed by atoms with van der Waals surface area (Å²) in [7, 11) is 1.92. The fraction of sp³-hybridized carbons (Fsp3) is 0.933. The van der Waals surface area contributed by atoms with Gasteiger partial charge in [0, 0.05) is 20.1 Å². The first-order valence-corrected chi connectivity index (χ1v) is 7.43. The topological polar surface area (TPSA) is 46.3 Å². The molecule has 0 aliphatic heterocycles. The zero-order valence-corrected chi connectivity index (χ0v) is 13.0. The molecule has 0 heterocycles. The fourth-order valence-corrected chi connectivity index (χ4v) is 2.67. The van der Waals surface area contributed by atoms with Crippen molar-refractivity contribution in [3.05, 3.63) is 0 Å². The van der Waals surface area contributed by atoms with E-state index in [4.69, 9.17) is 5.73 Å². The van der Waals surface area contributed by atoms with Gasteiger partial charge in [-0.25, -0.2) is 0 Å². The van der Waals surface area contributed by atoms with Crippen LogP contribution in [0, 0.1) is 11.3 Å². The smallest absolute Gasteiger partial charge is 0.229 e. The summed E-state index contributed by atoms with van der Waals surface area (Å²) in [5.41, 5.74) is 5.61.